The molecule has 1 aromatic heterocycles. The zero-order valence-corrected chi connectivity index (χ0v) is 16.3. The molecule has 7 nitrogen and oxygen atoms in total. The first-order valence-corrected chi connectivity index (χ1v) is 9.27. The third-order valence-corrected chi connectivity index (χ3v) is 4.05. The quantitative estimate of drug-likeness (QED) is 0.595. The fraction of sp³-hybridized carbons (Fsp3) is 0.182. The molecule has 0 unspecified atom stereocenters. The monoisotopic (exact) mass is 390 g/mol. The van der Waals surface area contributed by atoms with Crippen molar-refractivity contribution in [1.29, 1.82) is 0 Å². The largest absolute Gasteiger partial charge is 0.462 e. The first kappa shape index (κ1) is 20.0. The van der Waals surface area contributed by atoms with Gasteiger partial charge < -0.3 is 15.4 Å². The average Bonchev–Trinajstić information content (AvgIpc) is 2.70. The Morgan fingerprint density at radius 3 is 2.34 bits per heavy atom. The highest BCUT2D eigenvalue weighted by atomic mass is 16.5. The number of nitrogens with zero attached hydrogens (tertiary/aromatic N) is 2. The number of anilines is 3. The van der Waals surface area contributed by atoms with Gasteiger partial charge in [0.05, 0.1) is 18.6 Å². The smallest absolute Gasteiger partial charge is 0.338 e. The Kier molecular flexibility index (Phi) is 6.52. The van der Waals surface area contributed by atoms with Crippen LogP contribution in [0.1, 0.15) is 28.4 Å². The number of benzene rings is 2. The lowest BCUT2D eigenvalue weighted by Crippen LogP contribution is -2.15. The molecule has 0 aliphatic heterocycles. The molecule has 29 heavy (non-hydrogen) atoms. The SMILES string of the molecule is CCOC(=O)c1ccc(Nc2ccc(NC(=O)Cc3cccc(C)c3)nn2)cc1. The van der Waals surface area contributed by atoms with Gasteiger partial charge in [-0.1, -0.05) is 29.8 Å². The summed E-state index contributed by atoms with van der Waals surface area (Å²) in [7, 11) is 0. The van der Waals surface area contributed by atoms with Gasteiger partial charge in [0.2, 0.25) is 5.91 Å². The minimum absolute atomic E-state index is 0.153. The fourth-order valence-electron chi connectivity index (χ4n) is 2.71. The van der Waals surface area contributed by atoms with E-state index >= 15 is 0 Å². The molecule has 0 fully saturated rings. The molecule has 0 saturated heterocycles. The number of ether oxygens (including phenoxy) is 1. The number of amides is 1. The Balaban J connectivity index is 1.56. The number of carbonyl (C=O) groups is 2. The Morgan fingerprint density at radius 1 is 0.966 bits per heavy atom. The van der Waals surface area contributed by atoms with Crippen molar-refractivity contribution in [2.24, 2.45) is 0 Å². The minimum Gasteiger partial charge on any atom is -0.462 e. The first-order valence-electron chi connectivity index (χ1n) is 9.27. The van der Waals surface area contributed by atoms with Gasteiger partial charge in [0, 0.05) is 5.69 Å². The Morgan fingerprint density at radius 2 is 1.69 bits per heavy atom. The predicted molar refractivity (Wildman–Crippen MR) is 111 cm³/mol. The van der Waals surface area contributed by atoms with Crippen molar-refractivity contribution in [3.8, 4) is 0 Å². The van der Waals surface area contributed by atoms with Crippen LogP contribution in [0, 0.1) is 6.92 Å². The molecule has 0 saturated carbocycles. The van der Waals surface area contributed by atoms with Gasteiger partial charge >= 0.3 is 5.97 Å². The van der Waals surface area contributed by atoms with E-state index in [9.17, 15) is 9.59 Å². The third-order valence-electron chi connectivity index (χ3n) is 4.05. The Bertz CT molecular complexity index is 986. The summed E-state index contributed by atoms with van der Waals surface area (Å²) in [6.45, 7) is 4.09. The lowest BCUT2D eigenvalue weighted by Gasteiger charge is -2.08. The van der Waals surface area contributed by atoms with Gasteiger partial charge in [-0.05, 0) is 55.8 Å². The standard InChI is InChI=1S/C22H22N4O3/c1-3-29-22(28)17-7-9-18(10-8-17)23-19-11-12-20(26-25-19)24-21(27)14-16-6-4-5-15(2)13-16/h4-13H,3,14H2,1-2H3,(H,23,25)(H,24,26,27). The van der Waals surface area contributed by atoms with Gasteiger partial charge in [0.1, 0.15) is 0 Å². The van der Waals surface area contributed by atoms with Gasteiger partial charge in [-0.2, -0.15) is 0 Å². The molecule has 0 aliphatic rings. The van der Waals surface area contributed by atoms with E-state index in [1.54, 1.807) is 43.3 Å². The molecule has 2 N–H and O–H groups in total. The van der Waals surface area contributed by atoms with Gasteiger partial charge in [-0.15, -0.1) is 10.2 Å². The van der Waals surface area contributed by atoms with Gasteiger partial charge in [0.15, 0.2) is 11.6 Å². The summed E-state index contributed by atoms with van der Waals surface area (Å²) < 4.78 is 4.96. The molecule has 7 heteroatoms. The molecule has 1 amide bonds. The van der Waals surface area contributed by atoms with Gasteiger partial charge in [-0.3, -0.25) is 4.79 Å². The zero-order valence-electron chi connectivity index (χ0n) is 16.3. The highest BCUT2D eigenvalue weighted by molar-refractivity contribution is 5.91. The van der Waals surface area contributed by atoms with E-state index in [1.165, 1.54) is 0 Å². The summed E-state index contributed by atoms with van der Waals surface area (Å²) in [6, 6.07) is 18.1. The predicted octanol–water partition coefficient (Wildman–Crippen LogP) is 3.89. The minimum atomic E-state index is -0.357. The molecular formula is C22H22N4O3. The summed E-state index contributed by atoms with van der Waals surface area (Å²) in [6.07, 6.45) is 0.274. The van der Waals surface area contributed by atoms with E-state index in [0.29, 0.717) is 23.8 Å². The van der Waals surface area contributed by atoms with E-state index in [1.807, 2.05) is 31.2 Å². The van der Waals surface area contributed by atoms with E-state index < -0.39 is 0 Å². The highest BCUT2D eigenvalue weighted by Crippen LogP contribution is 2.16. The number of carbonyl (C=O) groups excluding carboxylic acids is 2. The number of aromatic nitrogens is 2. The maximum absolute atomic E-state index is 12.2. The fourth-order valence-corrected chi connectivity index (χ4v) is 2.71. The first-order chi connectivity index (χ1) is 14.0. The second-order valence-electron chi connectivity index (χ2n) is 6.44. The second kappa shape index (κ2) is 9.45. The van der Waals surface area contributed by atoms with Crippen LogP contribution in [0.15, 0.2) is 60.7 Å². The van der Waals surface area contributed by atoms with E-state index in [0.717, 1.165) is 16.8 Å². The van der Waals surface area contributed by atoms with Crippen LogP contribution in [-0.2, 0) is 16.0 Å². The van der Waals surface area contributed by atoms with Crippen molar-refractivity contribution in [1.82, 2.24) is 10.2 Å². The highest BCUT2D eigenvalue weighted by Gasteiger charge is 2.08. The van der Waals surface area contributed by atoms with Crippen molar-refractivity contribution in [2.45, 2.75) is 20.3 Å². The number of hydrogen-bond acceptors (Lipinski definition) is 6. The maximum atomic E-state index is 12.2. The number of hydrogen-bond donors (Lipinski definition) is 2. The molecule has 1 heterocycles. The van der Waals surface area contributed by atoms with Gasteiger partial charge in [-0.25, -0.2) is 4.79 Å². The van der Waals surface area contributed by atoms with Crippen molar-refractivity contribution >= 4 is 29.2 Å². The number of aryl methyl sites for hydroxylation is 1. The molecule has 0 bridgehead atoms. The van der Waals surface area contributed by atoms with Crippen molar-refractivity contribution in [3.05, 3.63) is 77.4 Å². The maximum Gasteiger partial charge on any atom is 0.338 e. The van der Waals surface area contributed by atoms with Crippen LogP contribution < -0.4 is 10.6 Å². The number of nitrogens with one attached hydrogen (secondary N) is 2. The molecule has 3 aromatic rings. The van der Waals surface area contributed by atoms with E-state index in [4.69, 9.17) is 4.74 Å². The summed E-state index contributed by atoms with van der Waals surface area (Å²) in [5.74, 6) is 0.390. The topological polar surface area (TPSA) is 93.2 Å². The van der Waals surface area contributed by atoms with Gasteiger partial charge in [0.25, 0.3) is 0 Å². The molecule has 0 radical (unpaired) electrons. The molecule has 148 valence electrons. The molecule has 0 atom stereocenters. The zero-order chi connectivity index (χ0) is 20.6. The molecular weight excluding hydrogens is 368 g/mol. The van der Waals surface area contributed by atoms with Crippen LogP contribution in [0.3, 0.4) is 0 Å². The molecule has 0 aliphatic carbocycles. The average molecular weight is 390 g/mol. The van der Waals surface area contributed by atoms with Crippen LogP contribution in [-0.4, -0.2) is 28.7 Å². The van der Waals surface area contributed by atoms with E-state index in [2.05, 4.69) is 20.8 Å². The van der Waals surface area contributed by atoms with Crippen molar-refractivity contribution in [2.75, 3.05) is 17.2 Å². The van der Waals surface area contributed by atoms with Crippen molar-refractivity contribution < 1.29 is 14.3 Å². The van der Waals surface area contributed by atoms with Crippen molar-refractivity contribution in [3.63, 3.8) is 0 Å². The lowest BCUT2D eigenvalue weighted by atomic mass is 10.1. The molecule has 2 aromatic carbocycles. The summed E-state index contributed by atoms with van der Waals surface area (Å²) in [4.78, 5) is 23.8. The summed E-state index contributed by atoms with van der Waals surface area (Å²) >= 11 is 0. The molecule has 0 spiro atoms. The summed E-state index contributed by atoms with van der Waals surface area (Å²) in [5, 5.41) is 13.9. The van der Waals surface area contributed by atoms with Crippen LogP contribution >= 0.6 is 0 Å². The Hall–Kier alpha value is -3.74. The Labute approximate surface area is 169 Å². The van der Waals surface area contributed by atoms with Crippen LogP contribution in [0.5, 0.6) is 0 Å². The normalized spacial score (nSPS) is 10.3. The van der Waals surface area contributed by atoms with Crippen LogP contribution in [0.25, 0.3) is 0 Å². The lowest BCUT2D eigenvalue weighted by molar-refractivity contribution is -0.115. The second-order valence-corrected chi connectivity index (χ2v) is 6.44. The number of rotatable bonds is 7. The molecule has 3 rings (SSSR count). The number of esters is 1. The summed E-state index contributed by atoms with van der Waals surface area (Å²) in [5.41, 5.74) is 3.29. The van der Waals surface area contributed by atoms with Crippen LogP contribution in [0.2, 0.25) is 0 Å². The van der Waals surface area contributed by atoms with Crippen LogP contribution in [0.4, 0.5) is 17.3 Å². The third kappa shape index (κ3) is 5.87. The van der Waals surface area contributed by atoms with E-state index in [-0.39, 0.29) is 18.3 Å².